The third-order valence-electron chi connectivity index (χ3n) is 4.53. The van der Waals surface area contributed by atoms with Gasteiger partial charge in [-0.3, -0.25) is 0 Å². The van der Waals surface area contributed by atoms with Gasteiger partial charge in [0.25, 0.3) is 0 Å². The smallest absolute Gasteiger partial charge is 0.319 e. The number of amides is 2. The third kappa shape index (κ3) is 7.06. The summed E-state index contributed by atoms with van der Waals surface area (Å²) in [6.45, 7) is 5.26. The predicted octanol–water partition coefficient (Wildman–Crippen LogP) is 4.85. The second kappa shape index (κ2) is 11.8. The molecule has 0 heterocycles. The highest BCUT2D eigenvalue weighted by Crippen LogP contribution is 2.30. The molecule has 2 rings (SSSR count). The molecule has 0 atom stereocenters. The summed E-state index contributed by atoms with van der Waals surface area (Å²) < 4.78 is 21.8. The maximum atomic E-state index is 12.4. The number of carbonyl (C=O) groups is 1. The molecule has 0 unspecified atom stereocenters. The van der Waals surface area contributed by atoms with E-state index in [2.05, 4.69) is 24.5 Å². The van der Waals surface area contributed by atoms with Gasteiger partial charge in [-0.1, -0.05) is 13.8 Å². The molecule has 30 heavy (non-hydrogen) atoms. The van der Waals surface area contributed by atoms with Gasteiger partial charge in [0.2, 0.25) is 0 Å². The van der Waals surface area contributed by atoms with Crippen molar-refractivity contribution in [2.45, 2.75) is 33.2 Å². The van der Waals surface area contributed by atoms with Gasteiger partial charge in [-0.15, -0.1) is 0 Å². The largest absolute Gasteiger partial charge is 0.497 e. The van der Waals surface area contributed by atoms with Crippen LogP contribution in [-0.2, 0) is 6.54 Å². The Morgan fingerprint density at radius 2 is 1.67 bits per heavy atom. The molecule has 0 saturated heterocycles. The molecule has 0 radical (unpaired) electrons. The van der Waals surface area contributed by atoms with Crippen molar-refractivity contribution in [3.63, 3.8) is 0 Å². The lowest BCUT2D eigenvalue weighted by Gasteiger charge is -2.14. The van der Waals surface area contributed by atoms with Crippen LogP contribution in [0.4, 0.5) is 10.5 Å². The topological polar surface area (TPSA) is 78.1 Å². The number of anilines is 1. The lowest BCUT2D eigenvalue weighted by molar-refractivity contribution is 0.251. The summed E-state index contributed by atoms with van der Waals surface area (Å²) in [5.74, 6) is 3.25. The van der Waals surface area contributed by atoms with E-state index in [4.69, 9.17) is 18.9 Å². The maximum Gasteiger partial charge on any atom is 0.319 e. The van der Waals surface area contributed by atoms with E-state index in [1.165, 1.54) is 0 Å². The highest BCUT2D eigenvalue weighted by Gasteiger charge is 2.10. The van der Waals surface area contributed by atoms with Gasteiger partial charge in [0, 0.05) is 23.9 Å². The molecule has 0 aliphatic heterocycles. The molecule has 0 saturated carbocycles. The quantitative estimate of drug-likeness (QED) is 0.512. The van der Waals surface area contributed by atoms with Crippen molar-refractivity contribution in [2.75, 3.05) is 33.3 Å². The Hall–Kier alpha value is -3.09. The van der Waals surface area contributed by atoms with Crippen LogP contribution in [0.5, 0.6) is 23.0 Å². The normalized spacial score (nSPS) is 10.5. The molecule has 0 spiro atoms. The minimum absolute atomic E-state index is 0.293. The first kappa shape index (κ1) is 23.2. The zero-order chi connectivity index (χ0) is 21.9. The number of hydrogen-bond donors (Lipinski definition) is 2. The average molecular weight is 417 g/mol. The first-order chi connectivity index (χ1) is 14.5. The van der Waals surface area contributed by atoms with Gasteiger partial charge in [-0.25, -0.2) is 4.79 Å². The van der Waals surface area contributed by atoms with Crippen molar-refractivity contribution < 1.29 is 23.7 Å². The van der Waals surface area contributed by atoms with Gasteiger partial charge in [0.1, 0.15) is 11.5 Å². The maximum absolute atomic E-state index is 12.4. The van der Waals surface area contributed by atoms with Crippen molar-refractivity contribution in [3.05, 3.63) is 42.0 Å². The second-order valence-corrected chi connectivity index (χ2v) is 7.24. The molecule has 2 amide bonds. The van der Waals surface area contributed by atoms with E-state index in [-0.39, 0.29) is 6.03 Å². The highest BCUT2D eigenvalue weighted by atomic mass is 16.5. The van der Waals surface area contributed by atoms with Crippen LogP contribution in [0, 0.1) is 5.92 Å². The molecule has 0 fully saturated rings. The van der Waals surface area contributed by atoms with Crippen LogP contribution in [0.1, 0.15) is 32.3 Å². The van der Waals surface area contributed by atoms with Gasteiger partial charge in [-0.2, -0.15) is 0 Å². The molecule has 0 aliphatic carbocycles. The first-order valence-electron chi connectivity index (χ1n) is 10.0. The number of ether oxygens (including phenoxy) is 4. The number of hydrogen-bond acceptors (Lipinski definition) is 5. The molecule has 2 N–H and O–H groups in total. The van der Waals surface area contributed by atoms with Crippen LogP contribution >= 0.6 is 0 Å². The van der Waals surface area contributed by atoms with Crippen LogP contribution in [0.2, 0.25) is 0 Å². The van der Waals surface area contributed by atoms with Crippen LogP contribution < -0.4 is 29.6 Å². The zero-order valence-electron chi connectivity index (χ0n) is 18.4. The Bertz CT molecular complexity index is 823. The number of rotatable bonds is 11. The molecule has 0 aromatic heterocycles. The van der Waals surface area contributed by atoms with Crippen LogP contribution in [0.25, 0.3) is 0 Å². The van der Waals surface area contributed by atoms with E-state index < -0.39 is 0 Å². The molecule has 0 bridgehead atoms. The van der Waals surface area contributed by atoms with Crippen molar-refractivity contribution in [1.82, 2.24) is 5.32 Å². The number of methoxy groups -OCH3 is 3. The standard InChI is InChI=1S/C23H32N2O5/c1-16(2)7-6-12-30-22-14-18(8-10-21(22)29-5)25-23(26)24-15-17-13-19(27-3)9-11-20(17)28-4/h8-11,13-14,16H,6-7,12,15H2,1-5H3,(H2,24,25,26). The zero-order valence-corrected chi connectivity index (χ0v) is 18.4. The predicted molar refractivity (Wildman–Crippen MR) is 118 cm³/mol. The van der Waals surface area contributed by atoms with E-state index >= 15 is 0 Å². The monoisotopic (exact) mass is 416 g/mol. The van der Waals surface area contributed by atoms with Crippen LogP contribution in [0.15, 0.2) is 36.4 Å². The lowest BCUT2D eigenvalue weighted by atomic mass is 10.1. The fraction of sp³-hybridized carbons (Fsp3) is 0.435. The lowest BCUT2D eigenvalue weighted by Crippen LogP contribution is -2.28. The summed E-state index contributed by atoms with van der Waals surface area (Å²) in [6.07, 6.45) is 2.05. The highest BCUT2D eigenvalue weighted by molar-refractivity contribution is 5.89. The molecule has 0 aliphatic rings. The number of urea groups is 1. The Morgan fingerprint density at radius 3 is 2.33 bits per heavy atom. The number of benzene rings is 2. The molecule has 7 heteroatoms. The molecular formula is C23H32N2O5. The molecule has 7 nitrogen and oxygen atoms in total. The second-order valence-electron chi connectivity index (χ2n) is 7.24. The third-order valence-corrected chi connectivity index (χ3v) is 4.53. The van der Waals surface area contributed by atoms with E-state index in [1.807, 2.05) is 12.1 Å². The number of carbonyl (C=O) groups excluding carboxylic acids is 1. The average Bonchev–Trinajstić information content (AvgIpc) is 2.75. The van der Waals surface area contributed by atoms with Gasteiger partial charge in [0.05, 0.1) is 27.9 Å². The van der Waals surface area contributed by atoms with Crippen molar-refractivity contribution >= 4 is 11.7 Å². The first-order valence-corrected chi connectivity index (χ1v) is 10.0. The van der Waals surface area contributed by atoms with Crippen LogP contribution in [0.3, 0.4) is 0 Å². The SMILES string of the molecule is COc1ccc(OC)c(CNC(=O)Nc2ccc(OC)c(OCCCC(C)C)c2)c1. The van der Waals surface area contributed by atoms with Gasteiger partial charge >= 0.3 is 6.03 Å². The minimum atomic E-state index is -0.337. The fourth-order valence-electron chi connectivity index (χ4n) is 2.91. The van der Waals surface area contributed by atoms with Gasteiger partial charge in [-0.05, 0) is 49.1 Å². The molecular weight excluding hydrogens is 384 g/mol. The summed E-state index contributed by atoms with van der Waals surface area (Å²) >= 11 is 0. The van der Waals surface area contributed by atoms with Crippen molar-refractivity contribution in [1.29, 1.82) is 0 Å². The number of nitrogens with one attached hydrogen (secondary N) is 2. The van der Waals surface area contributed by atoms with Gasteiger partial charge < -0.3 is 29.6 Å². The molecule has 2 aromatic carbocycles. The summed E-state index contributed by atoms with van der Waals surface area (Å²) in [7, 11) is 4.78. The van der Waals surface area contributed by atoms with E-state index in [9.17, 15) is 4.79 Å². The Kier molecular flexibility index (Phi) is 9.12. The van der Waals surface area contributed by atoms with Gasteiger partial charge in [0.15, 0.2) is 11.5 Å². The minimum Gasteiger partial charge on any atom is -0.497 e. The van der Waals surface area contributed by atoms with Crippen LogP contribution in [-0.4, -0.2) is 34.0 Å². The summed E-state index contributed by atoms with van der Waals surface area (Å²) in [4.78, 5) is 12.4. The Balaban J connectivity index is 1.97. The van der Waals surface area contributed by atoms with Crippen molar-refractivity contribution in [3.8, 4) is 23.0 Å². The molecule has 2 aromatic rings. The van der Waals surface area contributed by atoms with E-state index in [1.54, 1.807) is 45.6 Å². The summed E-state index contributed by atoms with van der Waals surface area (Å²) in [5.41, 5.74) is 1.43. The summed E-state index contributed by atoms with van der Waals surface area (Å²) in [6, 6.07) is 10.4. The Labute approximate surface area is 178 Å². The Morgan fingerprint density at radius 1 is 0.933 bits per heavy atom. The van der Waals surface area contributed by atoms with E-state index in [0.717, 1.165) is 18.4 Å². The van der Waals surface area contributed by atoms with Crippen molar-refractivity contribution in [2.24, 2.45) is 5.92 Å². The summed E-state index contributed by atoms with van der Waals surface area (Å²) in [5, 5.41) is 5.65. The molecule has 164 valence electrons. The van der Waals surface area contributed by atoms with E-state index in [0.29, 0.717) is 47.8 Å². The fourth-order valence-corrected chi connectivity index (χ4v) is 2.91.